The highest BCUT2D eigenvalue weighted by atomic mass is 16.3. The van der Waals surface area contributed by atoms with Crippen molar-refractivity contribution in [3.05, 3.63) is 0 Å². The maximum atomic E-state index is 12.7. The van der Waals surface area contributed by atoms with Crippen LogP contribution in [0.4, 0.5) is 0 Å². The van der Waals surface area contributed by atoms with Crippen molar-refractivity contribution < 1.29 is 20.1 Å². The Morgan fingerprint density at radius 1 is 0.950 bits per heavy atom. The van der Waals surface area contributed by atoms with Gasteiger partial charge in [0.15, 0.2) is 0 Å². The molecular formula is C34H62N2O4. The van der Waals surface area contributed by atoms with Crippen molar-refractivity contribution in [3.63, 3.8) is 0 Å². The number of aliphatic hydroxyl groups excluding tert-OH is 3. The second kappa shape index (κ2) is 13.7. The Morgan fingerprint density at radius 3 is 2.38 bits per heavy atom. The third-order valence-corrected chi connectivity index (χ3v) is 12.7. The third kappa shape index (κ3) is 6.45. The number of hydrogen-bond donors (Lipinski definition) is 4. The van der Waals surface area contributed by atoms with Crippen LogP contribution in [-0.4, -0.2) is 70.6 Å². The Bertz CT molecular complexity index is 818. The Kier molecular flexibility index (Phi) is 11.1. The summed E-state index contributed by atoms with van der Waals surface area (Å²) >= 11 is 0. The smallest absolute Gasteiger partial charge is 0.220 e. The minimum absolute atomic E-state index is 0.109. The number of carbonyl (C=O) groups excluding carboxylic acids is 1. The van der Waals surface area contributed by atoms with E-state index in [1.807, 2.05) is 0 Å². The molecular weight excluding hydrogens is 500 g/mol. The number of hydrogen-bond acceptors (Lipinski definition) is 5. The zero-order valence-electron chi connectivity index (χ0n) is 26.4. The molecule has 11 atom stereocenters. The van der Waals surface area contributed by atoms with Gasteiger partial charge in [0.2, 0.25) is 5.91 Å². The molecule has 0 aromatic heterocycles. The lowest BCUT2D eigenvalue weighted by Crippen LogP contribution is -2.62. The molecule has 4 aliphatic carbocycles. The SMILES string of the molecule is CCCN(CCC)CCCCNC(=O)CC[C@@H](C)[C@H]1CC[C@H]2[C@@H]3[C@H](O)C[C@@H]4C[C@H](O)CC[C@]4(C)[C@H]3C[C@H](O)[C@]12C. The van der Waals surface area contributed by atoms with Gasteiger partial charge in [-0.1, -0.05) is 34.6 Å². The molecule has 0 aromatic rings. The zero-order valence-corrected chi connectivity index (χ0v) is 26.4. The number of amides is 1. The average Bonchev–Trinajstić information content (AvgIpc) is 3.27. The van der Waals surface area contributed by atoms with Gasteiger partial charge in [0.1, 0.15) is 0 Å². The van der Waals surface area contributed by atoms with Crippen LogP contribution in [0.25, 0.3) is 0 Å². The van der Waals surface area contributed by atoms with Crippen molar-refractivity contribution in [1.29, 1.82) is 0 Å². The number of rotatable bonds is 13. The van der Waals surface area contributed by atoms with Gasteiger partial charge in [0.25, 0.3) is 0 Å². The van der Waals surface area contributed by atoms with E-state index in [-0.39, 0.29) is 41.0 Å². The van der Waals surface area contributed by atoms with Crippen LogP contribution in [0.2, 0.25) is 0 Å². The van der Waals surface area contributed by atoms with Gasteiger partial charge in [0, 0.05) is 13.0 Å². The standard InChI is InChI=1S/C34H62N2O4/c1-6-17-36(18-7-2)19-9-8-16-35-31(40)13-10-23(3)26-11-12-27-32-28(22-30(39)34(26,27)5)33(4)15-14-25(37)20-24(33)21-29(32)38/h23-30,32,37-39H,6-22H2,1-5H3,(H,35,40)/t23-,24+,25-,26-,27+,28+,29-,30+,32+,33+,34-/m1/s1. The predicted octanol–water partition coefficient (Wildman–Crippen LogP) is 5.38. The van der Waals surface area contributed by atoms with Crippen LogP contribution >= 0.6 is 0 Å². The van der Waals surface area contributed by atoms with E-state index in [1.165, 1.54) is 12.8 Å². The van der Waals surface area contributed by atoms with E-state index in [9.17, 15) is 20.1 Å². The van der Waals surface area contributed by atoms with E-state index in [4.69, 9.17) is 0 Å². The summed E-state index contributed by atoms with van der Waals surface area (Å²) in [4.78, 5) is 15.2. The van der Waals surface area contributed by atoms with Crippen LogP contribution < -0.4 is 5.32 Å². The molecule has 4 rings (SSSR count). The van der Waals surface area contributed by atoms with Crippen molar-refractivity contribution in [2.45, 2.75) is 136 Å². The summed E-state index contributed by atoms with van der Waals surface area (Å²) in [5, 5.41) is 36.8. The van der Waals surface area contributed by atoms with Gasteiger partial charge in [-0.2, -0.15) is 0 Å². The van der Waals surface area contributed by atoms with Crippen molar-refractivity contribution in [2.75, 3.05) is 26.2 Å². The number of nitrogens with one attached hydrogen (secondary N) is 1. The summed E-state index contributed by atoms with van der Waals surface area (Å²) in [7, 11) is 0. The van der Waals surface area contributed by atoms with Crippen LogP contribution in [0.15, 0.2) is 0 Å². The van der Waals surface area contributed by atoms with Gasteiger partial charge in [-0.05, 0) is 143 Å². The number of unbranched alkanes of at least 4 members (excludes halogenated alkanes) is 1. The highest BCUT2D eigenvalue weighted by molar-refractivity contribution is 5.75. The third-order valence-electron chi connectivity index (χ3n) is 12.7. The molecule has 0 saturated heterocycles. The van der Waals surface area contributed by atoms with Crippen LogP contribution in [-0.2, 0) is 4.79 Å². The fourth-order valence-corrected chi connectivity index (χ4v) is 10.4. The zero-order chi connectivity index (χ0) is 29.1. The van der Waals surface area contributed by atoms with E-state index >= 15 is 0 Å². The molecule has 40 heavy (non-hydrogen) atoms. The second-order valence-electron chi connectivity index (χ2n) is 14.9. The van der Waals surface area contributed by atoms with Gasteiger partial charge < -0.3 is 25.5 Å². The van der Waals surface area contributed by atoms with Gasteiger partial charge >= 0.3 is 0 Å². The molecule has 0 aromatic carbocycles. The fraction of sp³-hybridized carbons (Fsp3) is 0.971. The molecule has 4 fully saturated rings. The number of aliphatic hydroxyl groups is 3. The first kappa shape index (κ1) is 32.2. The largest absolute Gasteiger partial charge is 0.393 e. The van der Waals surface area contributed by atoms with Crippen molar-refractivity contribution in [1.82, 2.24) is 10.2 Å². The molecule has 0 unspecified atom stereocenters. The van der Waals surface area contributed by atoms with Crippen molar-refractivity contribution in [3.8, 4) is 0 Å². The molecule has 4 aliphatic rings. The summed E-state index contributed by atoms with van der Waals surface area (Å²) in [6.45, 7) is 15.7. The summed E-state index contributed by atoms with van der Waals surface area (Å²) in [6.07, 6.45) is 11.4. The normalized spacial score (nSPS) is 41.7. The number of carbonyl (C=O) groups is 1. The quantitative estimate of drug-likeness (QED) is 0.226. The first-order chi connectivity index (χ1) is 19.1. The van der Waals surface area contributed by atoms with Crippen molar-refractivity contribution >= 4 is 5.91 Å². The van der Waals surface area contributed by atoms with E-state index in [1.54, 1.807) is 0 Å². The van der Waals surface area contributed by atoms with Crippen molar-refractivity contribution in [2.24, 2.45) is 46.3 Å². The predicted molar refractivity (Wildman–Crippen MR) is 162 cm³/mol. The van der Waals surface area contributed by atoms with Gasteiger partial charge in [0.05, 0.1) is 18.3 Å². The lowest BCUT2D eigenvalue weighted by atomic mass is 9.43. The first-order valence-corrected chi connectivity index (χ1v) is 17.1. The minimum Gasteiger partial charge on any atom is -0.393 e. The summed E-state index contributed by atoms with van der Waals surface area (Å²) in [6, 6.07) is 0. The highest BCUT2D eigenvalue weighted by Gasteiger charge is 2.65. The number of nitrogens with zero attached hydrogens (tertiary/aromatic N) is 1. The molecule has 232 valence electrons. The maximum absolute atomic E-state index is 12.7. The summed E-state index contributed by atoms with van der Waals surface area (Å²) in [5.41, 5.74) is -0.0875. The Morgan fingerprint density at radius 2 is 1.68 bits per heavy atom. The molecule has 6 nitrogen and oxygen atoms in total. The van der Waals surface area contributed by atoms with Gasteiger partial charge in [-0.25, -0.2) is 0 Å². The second-order valence-corrected chi connectivity index (χ2v) is 14.9. The topological polar surface area (TPSA) is 93.0 Å². The Balaban J connectivity index is 1.28. The van der Waals surface area contributed by atoms with E-state index in [0.29, 0.717) is 36.0 Å². The summed E-state index contributed by atoms with van der Waals surface area (Å²) in [5.74, 6) is 2.18. The Hall–Kier alpha value is -0.690. The van der Waals surface area contributed by atoms with Crippen LogP contribution in [0, 0.1) is 46.3 Å². The van der Waals surface area contributed by atoms with Crippen LogP contribution in [0.1, 0.15) is 118 Å². The molecule has 1 amide bonds. The molecule has 0 aliphatic heterocycles. The summed E-state index contributed by atoms with van der Waals surface area (Å²) < 4.78 is 0. The fourth-order valence-electron chi connectivity index (χ4n) is 10.4. The molecule has 0 radical (unpaired) electrons. The molecule has 6 heteroatoms. The van der Waals surface area contributed by atoms with E-state index in [2.05, 4.69) is 44.8 Å². The highest BCUT2D eigenvalue weighted by Crippen LogP contribution is 2.68. The molecule has 0 heterocycles. The minimum atomic E-state index is -0.364. The molecule has 0 bridgehead atoms. The van der Waals surface area contributed by atoms with E-state index in [0.717, 1.165) is 90.4 Å². The molecule has 4 saturated carbocycles. The maximum Gasteiger partial charge on any atom is 0.220 e. The van der Waals surface area contributed by atoms with Gasteiger partial charge in [-0.3, -0.25) is 4.79 Å². The van der Waals surface area contributed by atoms with Crippen LogP contribution in [0.3, 0.4) is 0 Å². The average molecular weight is 563 g/mol. The lowest BCUT2D eigenvalue weighted by Gasteiger charge is -2.63. The first-order valence-electron chi connectivity index (χ1n) is 17.1. The molecule has 4 N–H and O–H groups in total. The Labute approximate surface area is 245 Å². The van der Waals surface area contributed by atoms with E-state index < -0.39 is 0 Å². The lowest BCUT2D eigenvalue weighted by molar-refractivity contribution is -0.207. The molecule has 0 spiro atoms. The monoisotopic (exact) mass is 562 g/mol. The van der Waals surface area contributed by atoms with Crippen LogP contribution in [0.5, 0.6) is 0 Å². The number of fused-ring (bicyclic) bond motifs is 5. The van der Waals surface area contributed by atoms with Gasteiger partial charge in [-0.15, -0.1) is 0 Å².